The number of rotatable bonds is 5. The van der Waals surface area contributed by atoms with Crippen LogP contribution in [0.15, 0.2) is 34.8 Å². The van der Waals surface area contributed by atoms with Crippen molar-refractivity contribution in [1.29, 1.82) is 0 Å². The Labute approximate surface area is 117 Å². The lowest BCUT2D eigenvalue weighted by Crippen LogP contribution is -2.03. The summed E-state index contributed by atoms with van der Waals surface area (Å²) in [4.78, 5) is 0. The topological polar surface area (TPSA) is 17.8 Å². The fraction of sp³-hybridized carbons (Fsp3) is 0.400. The number of aryl methyl sites for hydroxylation is 3. The summed E-state index contributed by atoms with van der Waals surface area (Å²) in [5, 5.41) is 4.52. The van der Waals surface area contributed by atoms with Crippen LogP contribution < -0.4 is 0 Å². The van der Waals surface area contributed by atoms with Crippen molar-refractivity contribution in [2.24, 2.45) is 0 Å². The van der Waals surface area contributed by atoms with Crippen molar-refractivity contribution >= 4 is 15.9 Å². The molecule has 0 amide bonds. The van der Waals surface area contributed by atoms with Gasteiger partial charge in [0.15, 0.2) is 0 Å². The molecule has 2 aromatic rings. The Morgan fingerprint density at radius 1 is 1.11 bits per heavy atom. The summed E-state index contributed by atoms with van der Waals surface area (Å²) in [5.41, 5.74) is 3.73. The number of aromatic nitrogens is 2. The molecular weight excluding hydrogens is 288 g/mol. The van der Waals surface area contributed by atoms with Gasteiger partial charge in [0.25, 0.3) is 0 Å². The molecule has 0 aliphatic rings. The highest BCUT2D eigenvalue weighted by Crippen LogP contribution is 2.20. The number of hydrogen-bond acceptors (Lipinski definition) is 1. The van der Waals surface area contributed by atoms with Gasteiger partial charge in [-0.2, -0.15) is 5.10 Å². The first-order valence-corrected chi connectivity index (χ1v) is 7.21. The molecule has 2 nitrogen and oxygen atoms in total. The van der Waals surface area contributed by atoms with Crippen molar-refractivity contribution < 1.29 is 0 Å². The van der Waals surface area contributed by atoms with E-state index >= 15 is 0 Å². The van der Waals surface area contributed by atoms with Gasteiger partial charge in [0.2, 0.25) is 0 Å². The summed E-state index contributed by atoms with van der Waals surface area (Å²) in [5.74, 6) is 0. The third kappa shape index (κ3) is 3.22. The number of hydrogen-bond donors (Lipinski definition) is 0. The van der Waals surface area contributed by atoms with Gasteiger partial charge >= 0.3 is 0 Å². The van der Waals surface area contributed by atoms with E-state index in [2.05, 4.69) is 63.0 Å². The molecule has 0 bridgehead atoms. The molecule has 0 saturated carbocycles. The second-order valence-electron chi connectivity index (χ2n) is 4.65. The highest BCUT2D eigenvalue weighted by Gasteiger charge is 2.07. The minimum Gasteiger partial charge on any atom is -0.268 e. The van der Waals surface area contributed by atoms with E-state index < -0.39 is 0 Å². The average molecular weight is 307 g/mol. The van der Waals surface area contributed by atoms with Gasteiger partial charge in [0.05, 0.1) is 10.2 Å². The Morgan fingerprint density at radius 2 is 1.83 bits per heavy atom. The van der Waals surface area contributed by atoms with Crippen LogP contribution in [0.1, 0.15) is 29.8 Å². The van der Waals surface area contributed by atoms with E-state index in [-0.39, 0.29) is 0 Å². The van der Waals surface area contributed by atoms with Crippen LogP contribution in [0.25, 0.3) is 0 Å². The molecular formula is C15H19BrN2. The molecule has 0 radical (unpaired) electrons. The lowest BCUT2D eigenvalue weighted by Gasteiger charge is -2.04. The zero-order valence-electron chi connectivity index (χ0n) is 11.0. The lowest BCUT2D eigenvalue weighted by molar-refractivity contribution is 0.543. The Morgan fingerprint density at radius 3 is 2.44 bits per heavy atom. The maximum Gasteiger partial charge on any atom is 0.0738 e. The molecule has 0 aliphatic carbocycles. The largest absolute Gasteiger partial charge is 0.268 e. The van der Waals surface area contributed by atoms with Crippen molar-refractivity contribution in [1.82, 2.24) is 9.78 Å². The van der Waals surface area contributed by atoms with Crippen LogP contribution in [-0.4, -0.2) is 9.78 Å². The monoisotopic (exact) mass is 306 g/mol. The number of benzene rings is 1. The van der Waals surface area contributed by atoms with E-state index in [1.807, 2.05) is 6.92 Å². The fourth-order valence-corrected chi connectivity index (χ4v) is 2.41. The van der Waals surface area contributed by atoms with E-state index in [9.17, 15) is 0 Å². The highest BCUT2D eigenvalue weighted by molar-refractivity contribution is 9.10. The SMILES string of the molecule is Cc1nn(CCCCc2ccccc2)c(C)c1Br. The number of nitrogens with zero attached hydrogens (tertiary/aromatic N) is 2. The van der Waals surface area contributed by atoms with E-state index in [1.165, 1.54) is 24.1 Å². The van der Waals surface area contributed by atoms with Gasteiger partial charge in [-0.05, 0) is 54.6 Å². The second-order valence-corrected chi connectivity index (χ2v) is 5.44. The van der Waals surface area contributed by atoms with Gasteiger partial charge in [-0.25, -0.2) is 0 Å². The minimum absolute atomic E-state index is 1.01. The summed E-state index contributed by atoms with van der Waals surface area (Å²) in [6, 6.07) is 10.7. The van der Waals surface area contributed by atoms with Crippen LogP contribution in [0.2, 0.25) is 0 Å². The van der Waals surface area contributed by atoms with Gasteiger partial charge in [-0.1, -0.05) is 30.3 Å². The van der Waals surface area contributed by atoms with Crippen molar-refractivity contribution in [2.45, 2.75) is 39.7 Å². The van der Waals surface area contributed by atoms with Crippen LogP contribution in [-0.2, 0) is 13.0 Å². The molecule has 0 atom stereocenters. The molecule has 0 saturated heterocycles. The molecule has 1 aromatic heterocycles. The molecule has 96 valence electrons. The lowest BCUT2D eigenvalue weighted by atomic mass is 10.1. The normalized spacial score (nSPS) is 10.8. The summed E-state index contributed by atoms with van der Waals surface area (Å²) in [6.07, 6.45) is 3.53. The van der Waals surface area contributed by atoms with Gasteiger partial charge < -0.3 is 0 Å². The second kappa shape index (κ2) is 6.19. The first kappa shape index (κ1) is 13.3. The van der Waals surface area contributed by atoms with E-state index in [4.69, 9.17) is 0 Å². The molecule has 0 aliphatic heterocycles. The first-order chi connectivity index (χ1) is 8.68. The maximum absolute atomic E-state index is 4.52. The standard InChI is InChI=1S/C15H19BrN2/c1-12-15(16)13(2)18(17-12)11-7-6-10-14-8-4-3-5-9-14/h3-5,8-9H,6-7,10-11H2,1-2H3. The van der Waals surface area contributed by atoms with Gasteiger partial charge in [-0.15, -0.1) is 0 Å². The first-order valence-electron chi connectivity index (χ1n) is 6.42. The van der Waals surface area contributed by atoms with Crippen LogP contribution in [0.3, 0.4) is 0 Å². The third-order valence-corrected chi connectivity index (χ3v) is 4.37. The molecule has 2 rings (SSSR count). The minimum atomic E-state index is 1.01. The molecule has 0 unspecified atom stereocenters. The molecule has 0 N–H and O–H groups in total. The number of halogens is 1. The van der Waals surface area contributed by atoms with Crippen molar-refractivity contribution in [3.63, 3.8) is 0 Å². The van der Waals surface area contributed by atoms with Crippen molar-refractivity contribution in [3.05, 3.63) is 51.8 Å². The third-order valence-electron chi connectivity index (χ3n) is 3.22. The predicted octanol–water partition coefficient (Wildman–Crippen LogP) is 4.29. The van der Waals surface area contributed by atoms with Crippen molar-refractivity contribution in [3.8, 4) is 0 Å². The molecule has 3 heteroatoms. The zero-order valence-corrected chi connectivity index (χ0v) is 12.6. The smallest absolute Gasteiger partial charge is 0.0738 e. The van der Waals surface area contributed by atoms with E-state index in [1.54, 1.807) is 0 Å². The Bertz CT molecular complexity index is 503. The van der Waals surface area contributed by atoms with Crippen LogP contribution in [0, 0.1) is 13.8 Å². The van der Waals surface area contributed by atoms with Crippen LogP contribution in [0.4, 0.5) is 0 Å². The molecule has 1 aromatic carbocycles. The van der Waals surface area contributed by atoms with Crippen LogP contribution >= 0.6 is 15.9 Å². The van der Waals surface area contributed by atoms with Crippen LogP contribution in [0.5, 0.6) is 0 Å². The highest BCUT2D eigenvalue weighted by atomic mass is 79.9. The van der Waals surface area contributed by atoms with Crippen molar-refractivity contribution in [2.75, 3.05) is 0 Å². The summed E-state index contributed by atoms with van der Waals surface area (Å²) < 4.78 is 3.25. The van der Waals surface area contributed by atoms with Gasteiger partial charge in [0.1, 0.15) is 0 Å². The maximum atomic E-state index is 4.52. The van der Waals surface area contributed by atoms with Gasteiger partial charge in [0, 0.05) is 12.2 Å². The zero-order chi connectivity index (χ0) is 13.0. The Balaban J connectivity index is 1.80. The van der Waals surface area contributed by atoms with Gasteiger partial charge in [-0.3, -0.25) is 4.68 Å². The molecule has 0 fully saturated rings. The fourth-order valence-electron chi connectivity index (χ4n) is 2.13. The Kier molecular flexibility index (Phi) is 4.59. The average Bonchev–Trinajstić information content (AvgIpc) is 2.64. The van der Waals surface area contributed by atoms with E-state index in [0.717, 1.165) is 23.1 Å². The number of unbranched alkanes of at least 4 members (excludes halogenated alkanes) is 1. The van der Waals surface area contributed by atoms with E-state index in [0.29, 0.717) is 0 Å². The summed E-state index contributed by atoms with van der Waals surface area (Å²) >= 11 is 3.56. The molecule has 1 heterocycles. The quantitative estimate of drug-likeness (QED) is 0.754. The molecule has 18 heavy (non-hydrogen) atoms. The Hall–Kier alpha value is -1.09. The summed E-state index contributed by atoms with van der Waals surface area (Å²) in [6.45, 7) is 5.16. The predicted molar refractivity (Wildman–Crippen MR) is 78.8 cm³/mol. The molecule has 0 spiro atoms. The summed E-state index contributed by atoms with van der Waals surface area (Å²) in [7, 11) is 0.